The molecule has 1 aliphatic heterocycles. The van der Waals surface area contributed by atoms with E-state index in [1.807, 2.05) is 17.0 Å². The number of fused-ring (bicyclic) bond motifs is 2. The monoisotopic (exact) mass is 377 g/mol. The number of rotatable bonds is 3. The molecule has 142 valence electrons. The SMILES string of the molecule is CCc1nc2cccnc2n1[C@H]1CCN(C(=O)c2cc3cc(F)ccc3[nH]2)C1. The van der Waals surface area contributed by atoms with E-state index in [-0.39, 0.29) is 17.8 Å². The molecule has 3 aromatic heterocycles. The molecule has 7 heteroatoms. The highest BCUT2D eigenvalue weighted by atomic mass is 19.1. The van der Waals surface area contributed by atoms with E-state index in [0.717, 1.165) is 35.3 Å². The summed E-state index contributed by atoms with van der Waals surface area (Å²) >= 11 is 0. The Kier molecular flexibility index (Phi) is 3.89. The minimum Gasteiger partial charge on any atom is -0.351 e. The standard InChI is InChI=1S/C21H20FN5O/c1-2-19-25-17-4-3-8-23-20(17)27(19)15-7-9-26(12-15)21(28)18-11-13-10-14(22)5-6-16(13)24-18/h3-6,8,10-11,15,24H,2,7,9,12H2,1H3/t15-/m0/s1. The summed E-state index contributed by atoms with van der Waals surface area (Å²) in [5.41, 5.74) is 3.02. The summed E-state index contributed by atoms with van der Waals surface area (Å²) in [5, 5.41) is 0.706. The highest BCUT2D eigenvalue weighted by Crippen LogP contribution is 2.29. The van der Waals surface area contributed by atoms with Gasteiger partial charge >= 0.3 is 0 Å². The molecule has 4 aromatic rings. The average Bonchev–Trinajstić information content (AvgIpc) is 3.42. The molecule has 0 aliphatic carbocycles. The van der Waals surface area contributed by atoms with Gasteiger partial charge in [0, 0.05) is 36.6 Å². The zero-order valence-corrected chi connectivity index (χ0v) is 15.5. The Hall–Kier alpha value is -3.22. The van der Waals surface area contributed by atoms with Crippen LogP contribution < -0.4 is 0 Å². The molecule has 1 aromatic carbocycles. The maximum absolute atomic E-state index is 13.4. The number of aromatic amines is 1. The van der Waals surface area contributed by atoms with Crippen molar-refractivity contribution < 1.29 is 9.18 Å². The van der Waals surface area contributed by atoms with Gasteiger partial charge in [-0.15, -0.1) is 0 Å². The van der Waals surface area contributed by atoms with Gasteiger partial charge in [0.25, 0.3) is 5.91 Å². The lowest BCUT2D eigenvalue weighted by molar-refractivity contribution is 0.0783. The van der Waals surface area contributed by atoms with Crippen molar-refractivity contribution in [3.05, 3.63) is 59.9 Å². The molecule has 5 rings (SSSR count). The normalized spacial score (nSPS) is 17.1. The Morgan fingerprint density at radius 2 is 2.21 bits per heavy atom. The summed E-state index contributed by atoms with van der Waals surface area (Å²) in [6.45, 7) is 3.36. The fraction of sp³-hybridized carbons (Fsp3) is 0.286. The second kappa shape index (κ2) is 6.44. The molecule has 0 bridgehead atoms. The van der Waals surface area contributed by atoms with E-state index in [1.165, 1.54) is 12.1 Å². The number of carbonyl (C=O) groups excluding carboxylic acids is 1. The lowest BCUT2D eigenvalue weighted by Crippen LogP contribution is -2.29. The van der Waals surface area contributed by atoms with Crippen LogP contribution in [0.3, 0.4) is 0 Å². The summed E-state index contributed by atoms with van der Waals surface area (Å²) < 4.78 is 15.6. The van der Waals surface area contributed by atoms with Gasteiger partial charge in [-0.3, -0.25) is 4.79 Å². The number of pyridine rings is 1. The summed E-state index contributed by atoms with van der Waals surface area (Å²) in [4.78, 5) is 27.2. The van der Waals surface area contributed by atoms with Crippen LogP contribution in [0.4, 0.5) is 4.39 Å². The number of carbonyl (C=O) groups is 1. The number of hydrogen-bond acceptors (Lipinski definition) is 3. The fourth-order valence-electron chi connectivity index (χ4n) is 4.14. The number of aromatic nitrogens is 4. The highest BCUT2D eigenvalue weighted by Gasteiger charge is 2.31. The Morgan fingerprint density at radius 3 is 3.07 bits per heavy atom. The van der Waals surface area contributed by atoms with Crippen LogP contribution in [-0.4, -0.2) is 43.4 Å². The van der Waals surface area contributed by atoms with E-state index in [0.29, 0.717) is 24.2 Å². The van der Waals surface area contributed by atoms with Crippen molar-refractivity contribution in [2.75, 3.05) is 13.1 Å². The Bertz CT molecular complexity index is 1190. The molecule has 1 fully saturated rings. The number of amides is 1. The smallest absolute Gasteiger partial charge is 0.270 e. The first-order valence-corrected chi connectivity index (χ1v) is 9.53. The zero-order valence-electron chi connectivity index (χ0n) is 15.5. The van der Waals surface area contributed by atoms with E-state index < -0.39 is 0 Å². The Labute approximate surface area is 161 Å². The Balaban J connectivity index is 1.43. The number of likely N-dealkylation sites (tertiary alicyclic amines) is 1. The third-order valence-corrected chi connectivity index (χ3v) is 5.47. The van der Waals surface area contributed by atoms with Crippen molar-refractivity contribution in [3.63, 3.8) is 0 Å². The maximum atomic E-state index is 13.4. The Morgan fingerprint density at radius 1 is 1.32 bits per heavy atom. The minimum atomic E-state index is -0.307. The lowest BCUT2D eigenvalue weighted by Gasteiger charge is -2.18. The van der Waals surface area contributed by atoms with Crippen LogP contribution in [0.1, 0.15) is 35.7 Å². The number of aryl methyl sites for hydroxylation is 1. The third-order valence-electron chi connectivity index (χ3n) is 5.47. The van der Waals surface area contributed by atoms with Crippen LogP contribution in [0.2, 0.25) is 0 Å². The molecule has 4 heterocycles. The predicted octanol–water partition coefficient (Wildman–Crippen LogP) is 3.70. The van der Waals surface area contributed by atoms with E-state index in [9.17, 15) is 9.18 Å². The minimum absolute atomic E-state index is 0.0606. The molecule has 0 spiro atoms. The van der Waals surface area contributed by atoms with Crippen molar-refractivity contribution in [1.29, 1.82) is 0 Å². The number of halogens is 1. The largest absolute Gasteiger partial charge is 0.351 e. The molecular formula is C21H20FN5O. The van der Waals surface area contributed by atoms with Crippen molar-refractivity contribution in [1.82, 2.24) is 24.4 Å². The van der Waals surface area contributed by atoms with Crippen LogP contribution >= 0.6 is 0 Å². The number of nitrogens with one attached hydrogen (secondary N) is 1. The molecule has 0 radical (unpaired) electrons. The van der Waals surface area contributed by atoms with Gasteiger partial charge in [0.15, 0.2) is 5.65 Å². The zero-order chi connectivity index (χ0) is 19.3. The molecule has 1 N–H and O–H groups in total. The molecule has 28 heavy (non-hydrogen) atoms. The summed E-state index contributed by atoms with van der Waals surface area (Å²) in [6.07, 6.45) is 3.45. The number of H-pyrrole nitrogens is 1. The molecule has 1 amide bonds. The number of benzene rings is 1. The van der Waals surface area contributed by atoms with Gasteiger partial charge in [-0.25, -0.2) is 14.4 Å². The lowest BCUT2D eigenvalue weighted by atomic mass is 10.2. The van der Waals surface area contributed by atoms with Crippen LogP contribution in [0, 0.1) is 5.82 Å². The maximum Gasteiger partial charge on any atom is 0.270 e. The van der Waals surface area contributed by atoms with E-state index >= 15 is 0 Å². The number of imidazole rings is 1. The van der Waals surface area contributed by atoms with Crippen molar-refractivity contribution in [2.24, 2.45) is 0 Å². The van der Waals surface area contributed by atoms with Crippen molar-refractivity contribution in [3.8, 4) is 0 Å². The second-order valence-corrected chi connectivity index (χ2v) is 7.21. The molecule has 6 nitrogen and oxygen atoms in total. The summed E-state index contributed by atoms with van der Waals surface area (Å²) in [7, 11) is 0. The molecule has 1 aliphatic rings. The van der Waals surface area contributed by atoms with Gasteiger partial charge in [-0.2, -0.15) is 0 Å². The van der Waals surface area contributed by atoms with E-state index in [4.69, 9.17) is 4.98 Å². The first-order valence-electron chi connectivity index (χ1n) is 9.53. The van der Waals surface area contributed by atoms with Crippen molar-refractivity contribution >= 4 is 28.0 Å². The second-order valence-electron chi connectivity index (χ2n) is 7.21. The average molecular weight is 377 g/mol. The summed E-state index contributed by atoms with van der Waals surface area (Å²) in [5.74, 6) is 0.627. The molecule has 1 saturated heterocycles. The predicted molar refractivity (Wildman–Crippen MR) is 105 cm³/mol. The molecular weight excluding hydrogens is 357 g/mol. The number of hydrogen-bond donors (Lipinski definition) is 1. The summed E-state index contributed by atoms with van der Waals surface area (Å²) in [6, 6.07) is 10.2. The molecule has 1 atom stereocenters. The van der Waals surface area contributed by atoms with Gasteiger partial charge < -0.3 is 14.5 Å². The molecule has 0 unspecified atom stereocenters. The van der Waals surface area contributed by atoms with Gasteiger partial charge in [0.05, 0.1) is 6.04 Å². The van der Waals surface area contributed by atoms with Gasteiger partial charge in [0.1, 0.15) is 22.9 Å². The van der Waals surface area contributed by atoms with Gasteiger partial charge in [-0.1, -0.05) is 6.92 Å². The van der Waals surface area contributed by atoms with Crippen LogP contribution in [-0.2, 0) is 6.42 Å². The van der Waals surface area contributed by atoms with Crippen LogP contribution in [0.25, 0.3) is 22.1 Å². The van der Waals surface area contributed by atoms with Gasteiger partial charge in [-0.05, 0) is 42.8 Å². The third kappa shape index (κ3) is 2.66. The fourth-order valence-corrected chi connectivity index (χ4v) is 4.14. The van der Waals surface area contributed by atoms with Crippen molar-refractivity contribution in [2.45, 2.75) is 25.8 Å². The van der Waals surface area contributed by atoms with E-state index in [1.54, 1.807) is 18.3 Å². The quantitative estimate of drug-likeness (QED) is 0.592. The first-order chi connectivity index (χ1) is 13.6. The van der Waals surface area contributed by atoms with Crippen LogP contribution in [0.15, 0.2) is 42.6 Å². The van der Waals surface area contributed by atoms with Crippen LogP contribution in [0.5, 0.6) is 0 Å². The van der Waals surface area contributed by atoms with E-state index in [2.05, 4.69) is 21.5 Å². The number of nitrogens with zero attached hydrogens (tertiary/aromatic N) is 4. The highest BCUT2D eigenvalue weighted by molar-refractivity contribution is 5.98. The molecule has 0 saturated carbocycles. The topological polar surface area (TPSA) is 66.8 Å². The first kappa shape index (κ1) is 16.9. The van der Waals surface area contributed by atoms with Gasteiger partial charge in [0.2, 0.25) is 0 Å².